The van der Waals surface area contributed by atoms with Crippen molar-refractivity contribution < 1.29 is 17.9 Å². The molecule has 0 saturated heterocycles. The molecule has 34 heavy (non-hydrogen) atoms. The summed E-state index contributed by atoms with van der Waals surface area (Å²) in [6.45, 7) is 4.14. The second kappa shape index (κ2) is 10.2. The van der Waals surface area contributed by atoms with Crippen molar-refractivity contribution in [2.75, 3.05) is 10.8 Å². The molecular weight excluding hydrogens is 472 g/mol. The van der Waals surface area contributed by atoms with Crippen molar-refractivity contribution in [3.63, 3.8) is 0 Å². The van der Waals surface area contributed by atoms with Gasteiger partial charge in [0, 0.05) is 29.0 Å². The number of benzene rings is 1. The van der Waals surface area contributed by atoms with E-state index in [4.69, 9.17) is 9.56 Å². The van der Waals surface area contributed by atoms with Gasteiger partial charge in [-0.2, -0.15) is 0 Å². The molecule has 0 saturated carbocycles. The summed E-state index contributed by atoms with van der Waals surface area (Å²) < 4.78 is 29.9. The second-order valence-corrected chi connectivity index (χ2v) is 11.8. The first-order valence-electron chi connectivity index (χ1n) is 11.8. The molecule has 2 aliphatic rings. The van der Waals surface area contributed by atoms with Gasteiger partial charge in [0.15, 0.2) is 5.03 Å². The number of rotatable bonds is 6. The van der Waals surface area contributed by atoms with Crippen LogP contribution in [0, 0.1) is 5.92 Å². The van der Waals surface area contributed by atoms with Crippen LogP contribution in [0.2, 0.25) is 0 Å². The first kappa shape index (κ1) is 24.9. The summed E-state index contributed by atoms with van der Waals surface area (Å²) in [4.78, 5) is 14.8. The largest absolute Gasteiger partial charge is 0.507 e. The van der Waals surface area contributed by atoms with Gasteiger partial charge in [-0.05, 0) is 49.3 Å². The van der Waals surface area contributed by atoms with Crippen molar-refractivity contribution >= 4 is 27.5 Å². The number of sulfonamides is 1. The molecule has 1 aliphatic carbocycles. The molecule has 9 heteroatoms. The number of fused-ring (bicyclic) bond motifs is 1. The lowest BCUT2D eigenvalue weighted by Crippen LogP contribution is -2.28. The normalized spacial score (nSPS) is 17.8. The van der Waals surface area contributed by atoms with Crippen LogP contribution in [0.4, 0.5) is 5.69 Å². The van der Waals surface area contributed by atoms with E-state index >= 15 is 0 Å². The molecule has 7 nitrogen and oxygen atoms in total. The van der Waals surface area contributed by atoms with Crippen LogP contribution in [-0.2, 0) is 22.9 Å². The van der Waals surface area contributed by atoms with E-state index in [-0.39, 0.29) is 22.6 Å². The van der Waals surface area contributed by atoms with Crippen molar-refractivity contribution in [2.45, 2.75) is 64.7 Å². The molecule has 0 bridgehead atoms. The maximum atomic E-state index is 13.2. The number of primary sulfonamides is 1. The third-order valence-corrected chi connectivity index (χ3v) is 8.35. The average molecular weight is 505 g/mol. The van der Waals surface area contributed by atoms with Gasteiger partial charge in [-0.3, -0.25) is 0 Å². The van der Waals surface area contributed by atoms with E-state index in [0.29, 0.717) is 42.2 Å². The van der Waals surface area contributed by atoms with Crippen LogP contribution in [0.15, 0.2) is 43.9 Å². The van der Waals surface area contributed by atoms with Gasteiger partial charge in [0.25, 0.3) is 10.0 Å². The van der Waals surface area contributed by atoms with Crippen molar-refractivity contribution in [2.24, 2.45) is 11.1 Å². The Morgan fingerprint density at radius 2 is 1.91 bits per heavy atom. The number of thioether (sulfide) groups is 1. The molecule has 0 spiro atoms. The summed E-state index contributed by atoms with van der Waals surface area (Å²) in [7, 11) is -3.87. The zero-order valence-electron chi connectivity index (χ0n) is 19.6. The Balaban J connectivity index is 1.80. The monoisotopic (exact) mass is 504 g/mol. The van der Waals surface area contributed by atoms with Crippen LogP contribution in [0.5, 0.6) is 5.75 Å². The molecule has 1 aromatic heterocycles. The van der Waals surface area contributed by atoms with Crippen LogP contribution in [0.3, 0.4) is 0 Å². The lowest BCUT2D eigenvalue weighted by Gasteiger charge is -2.25. The maximum Gasteiger partial charge on any atom is 0.343 e. The van der Waals surface area contributed by atoms with Crippen LogP contribution in [0.25, 0.3) is 0 Å². The highest BCUT2D eigenvalue weighted by Crippen LogP contribution is 2.40. The predicted octanol–water partition coefficient (Wildman–Crippen LogP) is 4.78. The molecule has 184 valence electrons. The first-order valence-corrected chi connectivity index (χ1v) is 14.4. The first-order chi connectivity index (χ1) is 16.2. The van der Waals surface area contributed by atoms with Crippen molar-refractivity contribution in [3.8, 4) is 5.75 Å². The summed E-state index contributed by atoms with van der Waals surface area (Å²) in [6, 6.07) is 7.46. The number of anilines is 1. The van der Waals surface area contributed by atoms with Crippen molar-refractivity contribution in [3.05, 3.63) is 67.6 Å². The minimum atomic E-state index is -3.87. The van der Waals surface area contributed by atoms with Crippen LogP contribution < -0.4 is 15.7 Å². The topological polar surface area (TPSA) is 114 Å². The van der Waals surface area contributed by atoms with Crippen molar-refractivity contribution in [1.82, 2.24) is 0 Å². The van der Waals surface area contributed by atoms with Gasteiger partial charge in [0.05, 0.1) is 11.4 Å². The Morgan fingerprint density at radius 3 is 2.62 bits per heavy atom. The summed E-state index contributed by atoms with van der Waals surface area (Å²) in [5.74, 6) is 0.961. The Kier molecular flexibility index (Phi) is 7.45. The van der Waals surface area contributed by atoms with Gasteiger partial charge in [-0.15, -0.1) is 11.8 Å². The Bertz CT molecular complexity index is 1250. The van der Waals surface area contributed by atoms with E-state index in [2.05, 4.69) is 13.8 Å². The molecule has 1 aromatic carbocycles. The van der Waals surface area contributed by atoms with Gasteiger partial charge in [0.2, 0.25) is 0 Å². The second-order valence-electron chi connectivity index (χ2n) is 9.47. The third-order valence-electron chi connectivity index (χ3n) is 6.48. The zero-order valence-corrected chi connectivity index (χ0v) is 21.3. The quantitative estimate of drug-likeness (QED) is 0.582. The number of hydrogen-bond donors (Lipinski definition) is 2. The van der Waals surface area contributed by atoms with Gasteiger partial charge in [-0.1, -0.05) is 38.8 Å². The van der Waals surface area contributed by atoms with E-state index in [0.717, 1.165) is 36.8 Å². The highest BCUT2D eigenvalue weighted by molar-refractivity contribution is 8.04. The SMILES string of the molecule is CC(C)CC(c1cccc(N2CSC=C2S(N)(=O)=O)c1)c1c(O)c2c(oc1=O)CCCCCC2. The van der Waals surface area contributed by atoms with Crippen molar-refractivity contribution in [1.29, 1.82) is 0 Å². The fourth-order valence-corrected chi connectivity index (χ4v) is 6.94. The van der Waals surface area contributed by atoms with E-state index < -0.39 is 15.6 Å². The number of aromatic hydroxyl groups is 1. The summed E-state index contributed by atoms with van der Waals surface area (Å²) in [5.41, 5.74) is 2.06. The fourth-order valence-electron chi connectivity index (χ4n) is 4.86. The smallest absolute Gasteiger partial charge is 0.343 e. The number of nitrogens with zero attached hydrogens (tertiary/aromatic N) is 1. The lowest BCUT2D eigenvalue weighted by molar-refractivity contribution is 0.379. The third kappa shape index (κ3) is 5.21. The molecule has 1 aliphatic heterocycles. The fraction of sp³-hybridized carbons (Fsp3) is 0.480. The summed E-state index contributed by atoms with van der Waals surface area (Å²) in [5, 5.41) is 18.3. The van der Waals surface area contributed by atoms with E-state index in [1.807, 2.05) is 24.3 Å². The number of hydrogen-bond acceptors (Lipinski definition) is 7. The molecule has 0 fully saturated rings. The molecule has 1 atom stereocenters. The minimum absolute atomic E-state index is 0.0542. The van der Waals surface area contributed by atoms with Gasteiger partial charge in [-0.25, -0.2) is 18.4 Å². The molecule has 0 amide bonds. The molecule has 1 unspecified atom stereocenters. The van der Waals surface area contributed by atoms with Crippen LogP contribution in [0.1, 0.15) is 74.3 Å². The highest BCUT2D eigenvalue weighted by atomic mass is 32.2. The Labute approximate surface area is 205 Å². The van der Waals surface area contributed by atoms with E-state index in [9.17, 15) is 18.3 Å². The highest BCUT2D eigenvalue weighted by Gasteiger charge is 2.30. The maximum absolute atomic E-state index is 13.2. The van der Waals surface area contributed by atoms with Crippen LogP contribution >= 0.6 is 11.8 Å². The molecule has 0 radical (unpaired) electrons. The molecular formula is C25H32N2O5S2. The summed E-state index contributed by atoms with van der Waals surface area (Å²) in [6.07, 6.45) is 6.08. The van der Waals surface area contributed by atoms with E-state index in [1.54, 1.807) is 10.3 Å². The minimum Gasteiger partial charge on any atom is -0.507 e. The van der Waals surface area contributed by atoms with E-state index in [1.165, 1.54) is 11.8 Å². The average Bonchev–Trinajstić information content (AvgIpc) is 3.25. The molecule has 2 aromatic rings. The number of nitrogens with two attached hydrogens (primary N) is 1. The lowest BCUT2D eigenvalue weighted by atomic mass is 9.83. The Hall–Kier alpha value is -2.23. The zero-order chi connectivity index (χ0) is 24.5. The number of aryl methyl sites for hydroxylation is 1. The Morgan fingerprint density at radius 1 is 1.18 bits per heavy atom. The standard InChI is InChI=1S/C25H32N2O5S2/c1-16(2)12-20(23-24(28)19-10-5-3-4-6-11-21(19)32-25(23)29)17-8-7-9-18(13-17)27-15-33-14-22(27)34(26,30)31/h7-9,13-14,16,20,28H,3-6,10-12,15H2,1-2H3,(H2,26,30,31). The van der Waals surface area contributed by atoms with Crippen LogP contribution in [-0.4, -0.2) is 19.4 Å². The summed E-state index contributed by atoms with van der Waals surface area (Å²) >= 11 is 1.36. The molecule has 3 N–H and O–H groups in total. The molecule has 4 rings (SSSR count). The van der Waals surface area contributed by atoms with Gasteiger partial charge in [0.1, 0.15) is 11.5 Å². The molecule has 2 heterocycles. The predicted molar refractivity (Wildman–Crippen MR) is 136 cm³/mol. The van der Waals surface area contributed by atoms with Gasteiger partial charge >= 0.3 is 5.63 Å². The van der Waals surface area contributed by atoms with Gasteiger partial charge < -0.3 is 14.4 Å².